The molecule has 0 bridgehead atoms. The Morgan fingerprint density at radius 3 is 2.40 bits per heavy atom. The van der Waals surface area contributed by atoms with Gasteiger partial charge in [0.15, 0.2) is 0 Å². The van der Waals surface area contributed by atoms with Gasteiger partial charge in [-0.3, -0.25) is 4.98 Å². The monoisotopic (exact) mass is 499 g/mol. The molecule has 0 atom stereocenters. The minimum absolute atomic E-state index is 0.0698. The number of pyridine rings is 2. The zero-order valence-corrected chi connectivity index (χ0v) is 18.0. The molecule has 0 aliphatic rings. The van der Waals surface area contributed by atoms with E-state index in [-0.39, 0.29) is 49.1 Å². The number of halogens is 6. The van der Waals surface area contributed by atoms with Crippen molar-refractivity contribution in [1.82, 2.24) is 9.97 Å². The van der Waals surface area contributed by atoms with E-state index in [9.17, 15) is 31.1 Å². The summed E-state index contributed by atoms with van der Waals surface area (Å²) in [6.07, 6.45) is -5.70. The fraction of sp³-hybridized carbons (Fsp3) is 0.261. The molecule has 1 aromatic carbocycles. The van der Waals surface area contributed by atoms with Crippen LogP contribution in [0.15, 0.2) is 61.1 Å². The third kappa shape index (κ3) is 7.08. The van der Waals surface area contributed by atoms with Gasteiger partial charge in [-0.2, -0.15) is 26.3 Å². The zero-order chi connectivity index (χ0) is 25.6. The highest BCUT2D eigenvalue weighted by Gasteiger charge is 2.38. The Morgan fingerprint density at radius 2 is 1.77 bits per heavy atom. The second kappa shape index (κ2) is 10.6. The lowest BCUT2D eigenvalue weighted by atomic mass is 10.0. The highest BCUT2D eigenvalue weighted by atomic mass is 19.4. The van der Waals surface area contributed by atoms with Gasteiger partial charge in [0.1, 0.15) is 11.6 Å². The first-order valence-electron chi connectivity index (χ1n) is 10.2. The maximum Gasteiger partial charge on any atom is 0.416 e. The molecule has 6 nitrogen and oxygen atoms in total. The van der Waals surface area contributed by atoms with Crippen LogP contribution in [0.1, 0.15) is 33.5 Å². The molecule has 0 unspecified atom stereocenters. The van der Waals surface area contributed by atoms with Crippen molar-refractivity contribution in [2.24, 2.45) is 0 Å². The lowest BCUT2D eigenvalue weighted by molar-refractivity contribution is -0.143. The van der Waals surface area contributed by atoms with E-state index in [1.807, 2.05) is 0 Å². The highest BCUT2D eigenvalue weighted by Crippen LogP contribution is 2.38. The molecule has 2 heterocycles. The fourth-order valence-corrected chi connectivity index (χ4v) is 3.24. The van der Waals surface area contributed by atoms with Gasteiger partial charge in [0.2, 0.25) is 0 Å². The highest BCUT2D eigenvalue weighted by molar-refractivity contribution is 5.87. The van der Waals surface area contributed by atoms with Crippen LogP contribution < -0.4 is 9.64 Å². The lowest BCUT2D eigenvalue weighted by Gasteiger charge is -2.26. The van der Waals surface area contributed by atoms with E-state index >= 15 is 0 Å². The predicted molar refractivity (Wildman–Crippen MR) is 113 cm³/mol. The first-order valence-corrected chi connectivity index (χ1v) is 10.2. The van der Waals surface area contributed by atoms with Crippen molar-refractivity contribution < 1.29 is 41.0 Å². The average molecular weight is 499 g/mol. The van der Waals surface area contributed by atoms with Crippen LogP contribution in [0.2, 0.25) is 0 Å². The molecule has 186 valence electrons. The van der Waals surface area contributed by atoms with Crippen LogP contribution in [0.4, 0.5) is 32.2 Å². The fourth-order valence-electron chi connectivity index (χ4n) is 3.24. The molecule has 0 amide bonds. The second-order valence-corrected chi connectivity index (χ2v) is 7.39. The van der Waals surface area contributed by atoms with Crippen molar-refractivity contribution in [1.29, 1.82) is 0 Å². The van der Waals surface area contributed by atoms with Crippen LogP contribution in [0, 0.1) is 0 Å². The molecule has 1 N–H and O–H groups in total. The van der Waals surface area contributed by atoms with Gasteiger partial charge >= 0.3 is 18.3 Å². The van der Waals surface area contributed by atoms with Gasteiger partial charge in [-0.15, -0.1) is 0 Å². The number of aromatic nitrogens is 2. The molecule has 12 heteroatoms. The Labute approximate surface area is 195 Å². The Balaban J connectivity index is 1.78. The van der Waals surface area contributed by atoms with E-state index in [1.54, 1.807) is 18.2 Å². The minimum Gasteiger partial charge on any atom is -0.492 e. The van der Waals surface area contributed by atoms with Gasteiger partial charge in [0.05, 0.1) is 29.5 Å². The third-order valence-electron chi connectivity index (χ3n) is 4.88. The standard InChI is InChI=1S/C23H19F6N3O3/c24-22(25,26)17-6-5-15(19(11-17)23(27,28)29)14-32(20-4-1-2-7-31-20)8-3-9-35-18-10-16(21(33)34)12-30-13-18/h1-2,4-7,10-13H,3,8-9,14H2,(H,33,34). The Bertz CT molecular complexity index is 1150. The average Bonchev–Trinajstić information content (AvgIpc) is 2.80. The van der Waals surface area contributed by atoms with E-state index < -0.39 is 29.4 Å². The molecule has 3 rings (SSSR count). The van der Waals surface area contributed by atoms with E-state index in [2.05, 4.69) is 9.97 Å². The quantitative estimate of drug-likeness (QED) is 0.301. The summed E-state index contributed by atoms with van der Waals surface area (Å²) in [6, 6.07) is 7.65. The first kappa shape index (κ1) is 25.8. The Morgan fingerprint density at radius 1 is 1.00 bits per heavy atom. The van der Waals surface area contributed by atoms with Gasteiger partial charge in [-0.25, -0.2) is 9.78 Å². The summed E-state index contributed by atoms with van der Waals surface area (Å²) in [7, 11) is 0. The number of benzene rings is 1. The molecule has 35 heavy (non-hydrogen) atoms. The summed E-state index contributed by atoms with van der Waals surface area (Å²) < 4.78 is 85.2. The Hall–Kier alpha value is -3.83. The van der Waals surface area contributed by atoms with Crippen LogP contribution in [0.3, 0.4) is 0 Å². The zero-order valence-electron chi connectivity index (χ0n) is 18.0. The topological polar surface area (TPSA) is 75.6 Å². The molecule has 0 saturated carbocycles. The van der Waals surface area contributed by atoms with E-state index in [4.69, 9.17) is 9.84 Å². The van der Waals surface area contributed by atoms with Crippen molar-refractivity contribution >= 4 is 11.8 Å². The molecule has 0 saturated heterocycles. The van der Waals surface area contributed by atoms with Crippen molar-refractivity contribution in [2.75, 3.05) is 18.1 Å². The molecule has 0 aliphatic heterocycles. The molecule has 2 aromatic heterocycles. The molecule has 3 aromatic rings. The van der Waals surface area contributed by atoms with E-state index in [0.29, 0.717) is 11.9 Å². The van der Waals surface area contributed by atoms with E-state index in [0.717, 1.165) is 12.3 Å². The molecular formula is C23H19F6N3O3. The normalized spacial score (nSPS) is 11.8. The number of anilines is 1. The molecule has 0 aliphatic carbocycles. The van der Waals surface area contributed by atoms with Gasteiger partial charge in [-0.1, -0.05) is 12.1 Å². The van der Waals surface area contributed by atoms with E-state index in [1.165, 1.54) is 23.4 Å². The minimum atomic E-state index is -4.99. The summed E-state index contributed by atoms with van der Waals surface area (Å²) in [4.78, 5) is 20.4. The molecule has 0 spiro atoms. The number of hydrogen-bond acceptors (Lipinski definition) is 5. The number of carboxylic acids is 1. The number of hydrogen-bond donors (Lipinski definition) is 1. The largest absolute Gasteiger partial charge is 0.492 e. The number of ether oxygens (including phenoxy) is 1. The van der Waals surface area contributed by atoms with Crippen molar-refractivity contribution in [3.63, 3.8) is 0 Å². The van der Waals surface area contributed by atoms with Crippen LogP contribution in [-0.2, 0) is 18.9 Å². The van der Waals surface area contributed by atoms with Crippen molar-refractivity contribution in [3.05, 3.63) is 83.3 Å². The van der Waals surface area contributed by atoms with Gasteiger partial charge < -0.3 is 14.7 Å². The molecule has 0 radical (unpaired) electrons. The van der Waals surface area contributed by atoms with Crippen LogP contribution in [-0.4, -0.2) is 34.2 Å². The predicted octanol–water partition coefficient (Wildman–Crippen LogP) is 5.69. The number of carboxylic acid groups (broad SMARTS) is 1. The van der Waals surface area contributed by atoms with Crippen molar-refractivity contribution in [3.8, 4) is 5.75 Å². The smallest absolute Gasteiger partial charge is 0.416 e. The van der Waals surface area contributed by atoms with Gasteiger partial charge in [-0.05, 0) is 42.3 Å². The first-order chi connectivity index (χ1) is 16.4. The summed E-state index contributed by atoms with van der Waals surface area (Å²) >= 11 is 0. The number of nitrogens with zero attached hydrogens (tertiary/aromatic N) is 3. The maximum atomic E-state index is 13.6. The van der Waals surface area contributed by atoms with Gasteiger partial charge in [0.25, 0.3) is 0 Å². The number of aromatic carboxylic acids is 1. The molecular weight excluding hydrogens is 480 g/mol. The van der Waals surface area contributed by atoms with Crippen LogP contribution in [0.5, 0.6) is 5.75 Å². The summed E-state index contributed by atoms with van der Waals surface area (Å²) in [6.45, 7) is -0.116. The van der Waals surface area contributed by atoms with Crippen LogP contribution in [0.25, 0.3) is 0 Å². The summed E-state index contributed by atoms with van der Waals surface area (Å²) in [5.74, 6) is -0.646. The third-order valence-corrected chi connectivity index (χ3v) is 4.88. The number of alkyl halides is 6. The van der Waals surface area contributed by atoms with Crippen LogP contribution >= 0.6 is 0 Å². The lowest BCUT2D eigenvalue weighted by Crippen LogP contribution is -2.27. The SMILES string of the molecule is O=C(O)c1cncc(OCCCN(Cc2ccc(C(F)(F)F)cc2C(F)(F)F)c2ccccn2)c1. The number of rotatable bonds is 9. The maximum absolute atomic E-state index is 13.6. The summed E-state index contributed by atoms with van der Waals surface area (Å²) in [5.41, 5.74) is -3.17. The Kier molecular flexibility index (Phi) is 7.82. The molecule has 0 fully saturated rings. The second-order valence-electron chi connectivity index (χ2n) is 7.39. The van der Waals surface area contributed by atoms with Gasteiger partial charge in [0, 0.05) is 25.5 Å². The number of carbonyl (C=O) groups is 1. The summed E-state index contributed by atoms with van der Waals surface area (Å²) in [5, 5.41) is 9.01. The van der Waals surface area contributed by atoms with Crippen molar-refractivity contribution in [2.45, 2.75) is 25.3 Å².